The number of aryl methyl sites for hydroxylation is 1. The lowest BCUT2D eigenvalue weighted by Gasteiger charge is -2.11. The first-order chi connectivity index (χ1) is 9.95. The molecule has 0 saturated heterocycles. The fourth-order valence-corrected chi connectivity index (χ4v) is 2.71. The topological polar surface area (TPSA) is 44.1 Å². The standard InChI is InChI=1S/C16H19ClN2O2/c1-5-21-16(20)10(2)15-11(3)18-19(12(15)4)14-8-6-7-13(17)9-14/h6-10H,5H2,1-4H3. The van der Waals surface area contributed by atoms with Gasteiger partial charge in [0.05, 0.1) is 23.9 Å². The van der Waals surface area contributed by atoms with E-state index in [0.717, 1.165) is 22.6 Å². The molecule has 0 radical (unpaired) electrons. The number of halogens is 1. The van der Waals surface area contributed by atoms with Crippen LogP contribution in [0.25, 0.3) is 5.69 Å². The van der Waals surface area contributed by atoms with Crippen molar-refractivity contribution in [3.63, 3.8) is 0 Å². The van der Waals surface area contributed by atoms with Crippen LogP contribution in [-0.4, -0.2) is 22.4 Å². The van der Waals surface area contributed by atoms with Crippen LogP contribution in [0.2, 0.25) is 5.02 Å². The summed E-state index contributed by atoms with van der Waals surface area (Å²) in [5.41, 5.74) is 3.54. The van der Waals surface area contributed by atoms with Gasteiger partial charge in [0.1, 0.15) is 0 Å². The Bertz CT molecular complexity index is 664. The fourth-order valence-electron chi connectivity index (χ4n) is 2.53. The van der Waals surface area contributed by atoms with Gasteiger partial charge in [0.25, 0.3) is 0 Å². The lowest BCUT2D eigenvalue weighted by molar-refractivity contribution is -0.144. The normalized spacial score (nSPS) is 12.2. The minimum Gasteiger partial charge on any atom is -0.466 e. The van der Waals surface area contributed by atoms with Crippen molar-refractivity contribution in [3.8, 4) is 5.69 Å². The Morgan fingerprint density at radius 3 is 2.76 bits per heavy atom. The number of benzene rings is 1. The third-order valence-electron chi connectivity index (χ3n) is 3.47. The summed E-state index contributed by atoms with van der Waals surface area (Å²) in [5.74, 6) is -0.563. The first-order valence-corrected chi connectivity index (χ1v) is 7.32. The van der Waals surface area contributed by atoms with Gasteiger partial charge in [0.2, 0.25) is 0 Å². The first-order valence-electron chi connectivity index (χ1n) is 6.94. The second-order valence-electron chi connectivity index (χ2n) is 4.95. The highest BCUT2D eigenvalue weighted by Crippen LogP contribution is 2.27. The van der Waals surface area contributed by atoms with Crippen LogP contribution in [0, 0.1) is 13.8 Å². The van der Waals surface area contributed by atoms with Gasteiger partial charge in [-0.2, -0.15) is 5.10 Å². The molecule has 1 aromatic heterocycles. The maximum atomic E-state index is 12.0. The van der Waals surface area contributed by atoms with Gasteiger partial charge < -0.3 is 4.74 Å². The molecule has 0 spiro atoms. The van der Waals surface area contributed by atoms with Gasteiger partial charge in [-0.05, 0) is 45.9 Å². The second kappa shape index (κ2) is 6.31. The van der Waals surface area contributed by atoms with Crippen LogP contribution < -0.4 is 0 Å². The summed E-state index contributed by atoms with van der Waals surface area (Å²) in [7, 11) is 0. The van der Waals surface area contributed by atoms with Gasteiger partial charge in [0, 0.05) is 16.3 Å². The molecule has 1 heterocycles. The summed E-state index contributed by atoms with van der Waals surface area (Å²) in [4.78, 5) is 12.0. The number of nitrogens with zero attached hydrogens (tertiary/aromatic N) is 2. The number of aromatic nitrogens is 2. The maximum absolute atomic E-state index is 12.0. The van der Waals surface area contributed by atoms with E-state index in [1.165, 1.54) is 0 Å². The monoisotopic (exact) mass is 306 g/mol. The van der Waals surface area contributed by atoms with Gasteiger partial charge >= 0.3 is 5.97 Å². The van der Waals surface area contributed by atoms with Crippen molar-refractivity contribution in [2.75, 3.05) is 6.61 Å². The van der Waals surface area contributed by atoms with Gasteiger partial charge in [-0.15, -0.1) is 0 Å². The third-order valence-corrected chi connectivity index (χ3v) is 3.71. The molecular weight excluding hydrogens is 288 g/mol. The highest BCUT2D eigenvalue weighted by Gasteiger charge is 2.24. The quantitative estimate of drug-likeness (QED) is 0.807. The molecule has 0 saturated carbocycles. The summed E-state index contributed by atoms with van der Waals surface area (Å²) in [6.07, 6.45) is 0. The van der Waals surface area contributed by atoms with E-state index in [1.807, 2.05) is 49.7 Å². The Labute approximate surface area is 129 Å². The van der Waals surface area contributed by atoms with E-state index in [2.05, 4.69) is 5.10 Å². The van der Waals surface area contributed by atoms with Crippen LogP contribution in [0.4, 0.5) is 0 Å². The minimum absolute atomic E-state index is 0.227. The van der Waals surface area contributed by atoms with E-state index in [9.17, 15) is 4.79 Å². The molecule has 112 valence electrons. The summed E-state index contributed by atoms with van der Waals surface area (Å²) in [5, 5.41) is 5.19. The number of carbonyl (C=O) groups excluding carboxylic acids is 1. The molecule has 0 aliphatic rings. The zero-order valence-corrected chi connectivity index (χ0v) is 13.4. The van der Waals surface area contributed by atoms with Crippen molar-refractivity contribution in [3.05, 3.63) is 46.2 Å². The predicted molar refractivity (Wildman–Crippen MR) is 83.1 cm³/mol. The van der Waals surface area contributed by atoms with Crippen molar-refractivity contribution in [1.29, 1.82) is 0 Å². The molecule has 0 aliphatic heterocycles. The van der Waals surface area contributed by atoms with Crippen LogP contribution in [-0.2, 0) is 9.53 Å². The molecule has 2 rings (SSSR count). The van der Waals surface area contributed by atoms with Gasteiger partial charge in [0.15, 0.2) is 0 Å². The predicted octanol–water partition coefficient (Wildman–Crippen LogP) is 3.81. The summed E-state index contributed by atoms with van der Waals surface area (Å²) < 4.78 is 6.92. The molecule has 1 unspecified atom stereocenters. The van der Waals surface area contributed by atoms with E-state index >= 15 is 0 Å². The summed E-state index contributed by atoms with van der Waals surface area (Å²) in [6, 6.07) is 7.48. The number of rotatable bonds is 4. The van der Waals surface area contributed by atoms with Crippen molar-refractivity contribution in [2.45, 2.75) is 33.6 Å². The summed E-state index contributed by atoms with van der Waals surface area (Å²) in [6.45, 7) is 7.88. The van der Waals surface area contributed by atoms with E-state index in [1.54, 1.807) is 6.92 Å². The molecule has 0 fully saturated rings. The third kappa shape index (κ3) is 3.10. The van der Waals surface area contributed by atoms with Crippen molar-refractivity contribution >= 4 is 17.6 Å². The minimum atomic E-state index is -0.335. The molecule has 0 aliphatic carbocycles. The number of hydrogen-bond acceptors (Lipinski definition) is 3. The van der Waals surface area contributed by atoms with E-state index in [0.29, 0.717) is 11.6 Å². The van der Waals surface area contributed by atoms with Gasteiger partial charge in [-0.25, -0.2) is 4.68 Å². The number of ether oxygens (including phenoxy) is 1. The van der Waals surface area contributed by atoms with Gasteiger partial charge in [-0.1, -0.05) is 17.7 Å². The maximum Gasteiger partial charge on any atom is 0.313 e. The molecule has 0 amide bonds. The molecular formula is C16H19ClN2O2. The highest BCUT2D eigenvalue weighted by atomic mass is 35.5. The molecule has 5 heteroatoms. The van der Waals surface area contributed by atoms with Crippen molar-refractivity contribution in [1.82, 2.24) is 9.78 Å². The van der Waals surface area contributed by atoms with Crippen molar-refractivity contribution < 1.29 is 9.53 Å². The fraction of sp³-hybridized carbons (Fsp3) is 0.375. The Balaban J connectivity index is 2.45. The average molecular weight is 307 g/mol. The number of esters is 1. The lowest BCUT2D eigenvalue weighted by Crippen LogP contribution is -2.14. The molecule has 0 N–H and O–H groups in total. The second-order valence-corrected chi connectivity index (χ2v) is 5.39. The average Bonchev–Trinajstić information content (AvgIpc) is 2.73. The largest absolute Gasteiger partial charge is 0.466 e. The number of hydrogen-bond donors (Lipinski definition) is 0. The molecule has 1 aromatic carbocycles. The molecule has 2 aromatic rings. The highest BCUT2D eigenvalue weighted by molar-refractivity contribution is 6.30. The Morgan fingerprint density at radius 2 is 2.14 bits per heavy atom. The Hall–Kier alpha value is -1.81. The van der Waals surface area contributed by atoms with E-state index in [-0.39, 0.29) is 11.9 Å². The smallest absolute Gasteiger partial charge is 0.313 e. The lowest BCUT2D eigenvalue weighted by atomic mass is 9.99. The Kier molecular flexibility index (Phi) is 4.68. The van der Waals surface area contributed by atoms with Crippen LogP contribution >= 0.6 is 11.6 Å². The van der Waals surface area contributed by atoms with Crippen LogP contribution in [0.3, 0.4) is 0 Å². The zero-order valence-electron chi connectivity index (χ0n) is 12.7. The first kappa shape index (κ1) is 15.6. The van der Waals surface area contributed by atoms with E-state index < -0.39 is 0 Å². The van der Waals surface area contributed by atoms with Crippen LogP contribution in [0.1, 0.15) is 36.7 Å². The molecule has 21 heavy (non-hydrogen) atoms. The molecule has 1 atom stereocenters. The zero-order chi connectivity index (χ0) is 15.6. The Morgan fingerprint density at radius 1 is 1.43 bits per heavy atom. The molecule has 4 nitrogen and oxygen atoms in total. The van der Waals surface area contributed by atoms with E-state index in [4.69, 9.17) is 16.3 Å². The van der Waals surface area contributed by atoms with Gasteiger partial charge in [-0.3, -0.25) is 4.79 Å². The van der Waals surface area contributed by atoms with Crippen LogP contribution in [0.5, 0.6) is 0 Å². The SMILES string of the molecule is CCOC(=O)C(C)c1c(C)nn(-c2cccc(Cl)c2)c1C. The van der Waals surface area contributed by atoms with Crippen molar-refractivity contribution in [2.24, 2.45) is 0 Å². The van der Waals surface area contributed by atoms with Crippen LogP contribution in [0.15, 0.2) is 24.3 Å². The number of carbonyl (C=O) groups is 1. The summed E-state index contributed by atoms with van der Waals surface area (Å²) >= 11 is 6.03. The molecule has 0 bridgehead atoms.